The van der Waals surface area contributed by atoms with E-state index in [1.807, 2.05) is 18.2 Å². The van der Waals surface area contributed by atoms with E-state index in [1.165, 1.54) is 0 Å². The third-order valence-corrected chi connectivity index (χ3v) is 4.38. The summed E-state index contributed by atoms with van der Waals surface area (Å²) in [6, 6.07) is 5.53. The van der Waals surface area contributed by atoms with Crippen LogP contribution in [-0.2, 0) is 4.74 Å². The average molecular weight is 374 g/mol. The Bertz CT molecular complexity index is 660. The number of aromatic nitrogens is 1. The summed E-state index contributed by atoms with van der Waals surface area (Å²) in [6.45, 7) is -0.496. The van der Waals surface area contributed by atoms with Gasteiger partial charge in [-0.2, -0.15) is 0 Å². The van der Waals surface area contributed by atoms with Crippen molar-refractivity contribution < 1.29 is 29.9 Å². The first kappa shape index (κ1) is 15.7. The van der Waals surface area contributed by atoms with Crippen molar-refractivity contribution >= 4 is 26.8 Å². The summed E-state index contributed by atoms with van der Waals surface area (Å²) in [4.78, 5) is 3.04. The number of aliphatic hydroxyl groups excluding tert-OH is 4. The molecule has 2 heterocycles. The van der Waals surface area contributed by atoms with Gasteiger partial charge in [-0.05, 0) is 28.1 Å². The molecule has 2 unspecified atom stereocenters. The predicted molar refractivity (Wildman–Crippen MR) is 80.4 cm³/mol. The molecule has 0 saturated carbocycles. The van der Waals surface area contributed by atoms with E-state index < -0.39 is 37.3 Å². The second-order valence-electron chi connectivity index (χ2n) is 5.13. The van der Waals surface area contributed by atoms with Crippen LogP contribution in [0.25, 0.3) is 10.9 Å². The van der Waals surface area contributed by atoms with Crippen LogP contribution in [0, 0.1) is 0 Å². The SMILES string of the molecule is OCC1O[C@@H](Oc2c[nH]c3c(Br)cccc23)C(O)[C@@H](O)[C@@H]1O. The lowest BCUT2D eigenvalue weighted by Crippen LogP contribution is -2.60. The van der Waals surface area contributed by atoms with Gasteiger partial charge < -0.3 is 34.9 Å². The number of nitrogens with one attached hydrogen (secondary N) is 1. The normalized spacial score (nSPS) is 32.3. The monoisotopic (exact) mass is 373 g/mol. The molecule has 120 valence electrons. The van der Waals surface area contributed by atoms with E-state index >= 15 is 0 Å². The van der Waals surface area contributed by atoms with E-state index in [0.717, 1.165) is 15.4 Å². The molecule has 1 saturated heterocycles. The highest BCUT2D eigenvalue weighted by molar-refractivity contribution is 9.10. The summed E-state index contributed by atoms with van der Waals surface area (Å²) in [5.74, 6) is 0.431. The smallest absolute Gasteiger partial charge is 0.229 e. The van der Waals surface area contributed by atoms with Crippen LogP contribution < -0.4 is 4.74 Å². The number of halogens is 1. The van der Waals surface area contributed by atoms with Gasteiger partial charge in [-0.25, -0.2) is 0 Å². The van der Waals surface area contributed by atoms with E-state index in [1.54, 1.807) is 6.20 Å². The highest BCUT2D eigenvalue weighted by atomic mass is 79.9. The highest BCUT2D eigenvalue weighted by Gasteiger charge is 2.44. The fourth-order valence-electron chi connectivity index (χ4n) is 2.48. The third-order valence-electron chi connectivity index (χ3n) is 3.72. The largest absolute Gasteiger partial charge is 0.460 e. The lowest BCUT2D eigenvalue weighted by atomic mass is 9.99. The first-order valence-electron chi connectivity index (χ1n) is 6.75. The number of hydrogen-bond acceptors (Lipinski definition) is 6. The molecule has 7 nitrogen and oxygen atoms in total. The molecule has 2 aromatic rings. The minimum absolute atomic E-state index is 0.431. The number of H-pyrrole nitrogens is 1. The highest BCUT2D eigenvalue weighted by Crippen LogP contribution is 2.32. The molecule has 1 aliphatic heterocycles. The number of fused-ring (bicyclic) bond motifs is 1. The molecule has 0 amide bonds. The van der Waals surface area contributed by atoms with Crippen molar-refractivity contribution in [3.05, 3.63) is 28.9 Å². The molecule has 1 aliphatic rings. The number of benzene rings is 1. The Labute approximate surface area is 134 Å². The summed E-state index contributed by atoms with van der Waals surface area (Å²) < 4.78 is 11.8. The minimum Gasteiger partial charge on any atom is -0.460 e. The number of hydrogen-bond donors (Lipinski definition) is 5. The summed E-state index contributed by atoms with van der Waals surface area (Å²) >= 11 is 3.41. The van der Waals surface area contributed by atoms with Gasteiger partial charge in [0, 0.05) is 16.1 Å². The maximum absolute atomic E-state index is 9.99. The van der Waals surface area contributed by atoms with Crippen LogP contribution in [0.15, 0.2) is 28.9 Å². The van der Waals surface area contributed by atoms with Crippen LogP contribution in [0.4, 0.5) is 0 Å². The Kier molecular flexibility index (Phi) is 4.40. The van der Waals surface area contributed by atoms with Crippen LogP contribution >= 0.6 is 15.9 Å². The molecule has 1 fully saturated rings. The molecule has 5 N–H and O–H groups in total. The second kappa shape index (κ2) is 6.15. The van der Waals surface area contributed by atoms with Crippen LogP contribution in [0.2, 0.25) is 0 Å². The van der Waals surface area contributed by atoms with Crippen molar-refractivity contribution in [3.63, 3.8) is 0 Å². The number of para-hydroxylation sites is 1. The zero-order valence-corrected chi connectivity index (χ0v) is 13.0. The number of aromatic amines is 1. The topological polar surface area (TPSA) is 115 Å². The van der Waals surface area contributed by atoms with Crippen molar-refractivity contribution in [2.75, 3.05) is 6.61 Å². The van der Waals surface area contributed by atoms with Gasteiger partial charge in [0.15, 0.2) is 0 Å². The van der Waals surface area contributed by atoms with Crippen molar-refractivity contribution in [1.29, 1.82) is 0 Å². The quantitative estimate of drug-likeness (QED) is 0.521. The van der Waals surface area contributed by atoms with Gasteiger partial charge in [0.1, 0.15) is 30.2 Å². The third kappa shape index (κ3) is 2.62. The maximum Gasteiger partial charge on any atom is 0.229 e. The molecular weight excluding hydrogens is 358 g/mol. The summed E-state index contributed by atoms with van der Waals surface area (Å²) in [5.41, 5.74) is 0.821. The van der Waals surface area contributed by atoms with E-state index in [0.29, 0.717) is 5.75 Å². The number of aliphatic hydroxyl groups is 4. The van der Waals surface area contributed by atoms with Crippen LogP contribution in [0.1, 0.15) is 0 Å². The van der Waals surface area contributed by atoms with Gasteiger partial charge in [0.2, 0.25) is 6.29 Å². The van der Waals surface area contributed by atoms with Crippen LogP contribution in [0.3, 0.4) is 0 Å². The van der Waals surface area contributed by atoms with E-state index in [2.05, 4.69) is 20.9 Å². The van der Waals surface area contributed by atoms with Crippen LogP contribution in [0.5, 0.6) is 5.75 Å². The Hall–Kier alpha value is -1.16. The minimum atomic E-state index is -1.46. The Morgan fingerprint density at radius 2 is 1.95 bits per heavy atom. The molecule has 5 atom stereocenters. The second-order valence-corrected chi connectivity index (χ2v) is 5.98. The fourth-order valence-corrected chi connectivity index (χ4v) is 2.96. The maximum atomic E-state index is 9.99. The lowest BCUT2D eigenvalue weighted by Gasteiger charge is -2.39. The molecule has 8 heteroatoms. The zero-order chi connectivity index (χ0) is 15.9. The summed E-state index contributed by atoms with van der Waals surface area (Å²) in [5, 5.41) is 39.4. The van der Waals surface area contributed by atoms with Gasteiger partial charge in [-0.3, -0.25) is 0 Å². The van der Waals surface area contributed by atoms with Crippen molar-refractivity contribution in [1.82, 2.24) is 4.98 Å². The predicted octanol–water partition coefficient (Wildman–Crippen LogP) is 0.109. The Morgan fingerprint density at radius 3 is 2.68 bits per heavy atom. The van der Waals surface area contributed by atoms with E-state index in [4.69, 9.17) is 9.47 Å². The molecule has 1 aromatic carbocycles. The van der Waals surface area contributed by atoms with Gasteiger partial charge in [0.25, 0.3) is 0 Å². The zero-order valence-electron chi connectivity index (χ0n) is 11.4. The first-order chi connectivity index (χ1) is 10.5. The molecule has 0 radical (unpaired) electrons. The molecule has 1 aromatic heterocycles. The van der Waals surface area contributed by atoms with Gasteiger partial charge in [-0.15, -0.1) is 0 Å². The van der Waals surface area contributed by atoms with Gasteiger partial charge in [-0.1, -0.05) is 6.07 Å². The molecule has 22 heavy (non-hydrogen) atoms. The summed E-state index contributed by atoms with van der Waals surface area (Å²) in [7, 11) is 0. The lowest BCUT2D eigenvalue weighted by molar-refractivity contribution is -0.277. The molecule has 0 bridgehead atoms. The van der Waals surface area contributed by atoms with Crippen molar-refractivity contribution in [3.8, 4) is 5.75 Å². The number of ether oxygens (including phenoxy) is 2. The molecule has 0 aliphatic carbocycles. The van der Waals surface area contributed by atoms with Gasteiger partial charge >= 0.3 is 0 Å². The molecule has 3 rings (SSSR count). The Balaban J connectivity index is 1.86. The Morgan fingerprint density at radius 1 is 1.18 bits per heavy atom. The van der Waals surface area contributed by atoms with E-state index in [-0.39, 0.29) is 0 Å². The van der Waals surface area contributed by atoms with Gasteiger partial charge in [0.05, 0.1) is 12.1 Å². The van der Waals surface area contributed by atoms with Crippen LogP contribution in [-0.4, -0.2) is 62.7 Å². The fraction of sp³-hybridized carbons (Fsp3) is 0.429. The van der Waals surface area contributed by atoms with Crippen molar-refractivity contribution in [2.45, 2.75) is 30.7 Å². The first-order valence-corrected chi connectivity index (χ1v) is 7.55. The number of rotatable bonds is 3. The van der Waals surface area contributed by atoms with E-state index in [9.17, 15) is 20.4 Å². The standard InChI is InChI=1S/C14H16BrNO6/c15-7-3-1-2-6-8(4-16-10(6)7)21-14-13(20)12(19)11(18)9(5-17)22-14/h1-4,9,11-14,16-20H,5H2/t9?,11-,12+,13?,14-/m1/s1. The summed E-state index contributed by atoms with van der Waals surface area (Å²) in [6.07, 6.45) is -4.90. The van der Waals surface area contributed by atoms with Crippen molar-refractivity contribution in [2.24, 2.45) is 0 Å². The molecular formula is C14H16BrNO6. The average Bonchev–Trinajstić information content (AvgIpc) is 2.92. The molecule has 0 spiro atoms.